The van der Waals surface area contributed by atoms with Gasteiger partial charge in [0.2, 0.25) is 4.80 Å². The maximum Gasteiger partial charge on any atom is 0.344 e. The molecule has 0 aliphatic rings. The van der Waals surface area contributed by atoms with Crippen molar-refractivity contribution < 1.29 is 4.79 Å². The molecule has 7 heteroatoms. The molecule has 2 rings (SSSR count). The number of rotatable bonds is 3. The zero-order chi connectivity index (χ0) is 16.3. The van der Waals surface area contributed by atoms with Crippen LogP contribution in [0.25, 0.3) is 5.69 Å². The SMILES string of the molecule is CCc1cccc(CC)c1-n1c(=O)n(C)s/c1=N\C(=O)NC. The molecule has 0 fully saturated rings. The number of nitrogens with one attached hydrogen (secondary N) is 1. The van der Waals surface area contributed by atoms with Crippen molar-refractivity contribution in [1.29, 1.82) is 0 Å². The van der Waals surface area contributed by atoms with E-state index in [9.17, 15) is 9.59 Å². The highest BCUT2D eigenvalue weighted by Gasteiger charge is 2.15. The Labute approximate surface area is 132 Å². The van der Waals surface area contributed by atoms with Crippen LogP contribution >= 0.6 is 11.5 Å². The third kappa shape index (κ3) is 2.89. The predicted octanol–water partition coefficient (Wildman–Crippen LogP) is 1.60. The lowest BCUT2D eigenvalue weighted by Crippen LogP contribution is -2.30. The first-order valence-electron chi connectivity index (χ1n) is 7.20. The number of nitrogens with zero attached hydrogens (tertiary/aromatic N) is 3. The largest absolute Gasteiger partial charge is 0.344 e. The third-order valence-electron chi connectivity index (χ3n) is 3.47. The fourth-order valence-electron chi connectivity index (χ4n) is 2.33. The summed E-state index contributed by atoms with van der Waals surface area (Å²) < 4.78 is 3.02. The lowest BCUT2D eigenvalue weighted by atomic mass is 10.0. The van der Waals surface area contributed by atoms with Gasteiger partial charge in [-0.25, -0.2) is 18.1 Å². The summed E-state index contributed by atoms with van der Waals surface area (Å²) in [6, 6.07) is 5.53. The van der Waals surface area contributed by atoms with E-state index in [1.807, 2.05) is 32.0 Å². The van der Waals surface area contributed by atoms with Crippen LogP contribution in [0.3, 0.4) is 0 Å². The van der Waals surface area contributed by atoms with Crippen molar-refractivity contribution in [3.05, 3.63) is 44.6 Å². The Morgan fingerprint density at radius 3 is 2.36 bits per heavy atom. The van der Waals surface area contributed by atoms with Crippen LogP contribution in [0.2, 0.25) is 0 Å². The molecule has 0 unspecified atom stereocenters. The minimum absolute atomic E-state index is 0.191. The third-order valence-corrected chi connectivity index (χ3v) is 4.34. The van der Waals surface area contributed by atoms with Gasteiger partial charge in [-0.15, -0.1) is 0 Å². The Bertz CT molecular complexity index is 791. The van der Waals surface area contributed by atoms with Gasteiger partial charge in [-0.2, -0.15) is 4.99 Å². The number of aryl methyl sites for hydroxylation is 3. The normalized spacial score (nSPS) is 11.7. The van der Waals surface area contributed by atoms with Gasteiger partial charge in [0.05, 0.1) is 5.69 Å². The number of amides is 2. The molecule has 1 heterocycles. The molecule has 0 aliphatic carbocycles. The first-order chi connectivity index (χ1) is 10.5. The zero-order valence-corrected chi connectivity index (χ0v) is 14.0. The number of para-hydroxylation sites is 1. The Balaban J connectivity index is 2.87. The highest BCUT2D eigenvalue weighted by molar-refractivity contribution is 7.03. The fraction of sp³-hybridized carbons (Fsp3) is 0.400. The van der Waals surface area contributed by atoms with Gasteiger partial charge in [-0.1, -0.05) is 32.0 Å². The van der Waals surface area contributed by atoms with Gasteiger partial charge in [0, 0.05) is 14.1 Å². The maximum absolute atomic E-state index is 12.5. The summed E-state index contributed by atoms with van der Waals surface area (Å²) in [5.74, 6) is 0. The first kappa shape index (κ1) is 16.2. The summed E-state index contributed by atoms with van der Waals surface area (Å²) >= 11 is 1.16. The maximum atomic E-state index is 12.5. The first-order valence-corrected chi connectivity index (χ1v) is 7.97. The molecule has 0 radical (unpaired) electrons. The molecular weight excluding hydrogens is 300 g/mol. The van der Waals surface area contributed by atoms with Crippen LogP contribution in [0.4, 0.5) is 4.79 Å². The average Bonchev–Trinajstić information content (AvgIpc) is 2.80. The Hall–Kier alpha value is -2.15. The number of carbonyl (C=O) groups is 1. The van der Waals surface area contributed by atoms with Gasteiger partial charge in [0.25, 0.3) is 0 Å². The smallest absolute Gasteiger partial charge is 0.339 e. The molecule has 0 bridgehead atoms. The number of hydrogen-bond acceptors (Lipinski definition) is 3. The number of carbonyl (C=O) groups excluding carboxylic acids is 1. The van der Waals surface area contributed by atoms with E-state index in [1.165, 1.54) is 15.6 Å². The molecule has 0 saturated heterocycles. The second-order valence-electron chi connectivity index (χ2n) is 4.79. The molecule has 0 atom stereocenters. The molecule has 0 spiro atoms. The van der Waals surface area contributed by atoms with Crippen molar-refractivity contribution >= 4 is 17.6 Å². The van der Waals surface area contributed by atoms with E-state index in [0.717, 1.165) is 41.2 Å². The van der Waals surface area contributed by atoms with Crippen LogP contribution < -0.4 is 15.8 Å². The van der Waals surface area contributed by atoms with Crippen molar-refractivity contribution in [3.8, 4) is 5.69 Å². The predicted molar refractivity (Wildman–Crippen MR) is 87.7 cm³/mol. The van der Waals surface area contributed by atoms with Crippen molar-refractivity contribution in [2.24, 2.45) is 12.0 Å². The van der Waals surface area contributed by atoms with Crippen LogP contribution in [0.5, 0.6) is 0 Å². The molecule has 2 amide bonds. The fourth-order valence-corrected chi connectivity index (χ4v) is 3.11. The minimum Gasteiger partial charge on any atom is -0.339 e. The van der Waals surface area contributed by atoms with E-state index < -0.39 is 6.03 Å². The van der Waals surface area contributed by atoms with Gasteiger partial charge in [-0.05, 0) is 35.5 Å². The van der Waals surface area contributed by atoms with Gasteiger partial charge in [0.1, 0.15) is 0 Å². The van der Waals surface area contributed by atoms with E-state index >= 15 is 0 Å². The number of benzene rings is 1. The monoisotopic (exact) mass is 320 g/mol. The zero-order valence-electron chi connectivity index (χ0n) is 13.2. The summed E-state index contributed by atoms with van der Waals surface area (Å²) in [6.07, 6.45) is 1.60. The molecule has 1 aromatic carbocycles. The van der Waals surface area contributed by atoms with Crippen molar-refractivity contribution in [2.45, 2.75) is 26.7 Å². The second kappa shape index (κ2) is 6.74. The minimum atomic E-state index is -0.470. The van der Waals surface area contributed by atoms with Crippen LogP contribution in [0.15, 0.2) is 28.0 Å². The Morgan fingerprint density at radius 2 is 1.86 bits per heavy atom. The quantitative estimate of drug-likeness (QED) is 0.933. The molecule has 1 N–H and O–H groups in total. The highest BCUT2D eigenvalue weighted by Crippen LogP contribution is 2.19. The summed E-state index contributed by atoms with van der Waals surface area (Å²) in [5, 5.41) is 2.45. The molecule has 0 aliphatic heterocycles. The molecule has 1 aromatic heterocycles. The van der Waals surface area contributed by atoms with E-state index in [2.05, 4.69) is 10.3 Å². The summed E-state index contributed by atoms with van der Waals surface area (Å²) in [4.78, 5) is 28.5. The molecule has 22 heavy (non-hydrogen) atoms. The number of aromatic nitrogens is 2. The summed E-state index contributed by atoms with van der Waals surface area (Å²) in [6.45, 7) is 4.09. The molecule has 118 valence electrons. The van der Waals surface area contributed by atoms with Crippen LogP contribution in [0, 0.1) is 0 Å². The van der Waals surface area contributed by atoms with Gasteiger partial charge in [-0.3, -0.25) is 0 Å². The lowest BCUT2D eigenvalue weighted by Gasteiger charge is -2.12. The summed E-state index contributed by atoms with van der Waals surface area (Å²) in [7, 11) is 3.19. The summed E-state index contributed by atoms with van der Waals surface area (Å²) in [5.41, 5.74) is 2.78. The van der Waals surface area contributed by atoms with Crippen LogP contribution in [-0.4, -0.2) is 21.6 Å². The van der Waals surface area contributed by atoms with E-state index in [-0.39, 0.29) is 5.69 Å². The Morgan fingerprint density at radius 1 is 1.27 bits per heavy atom. The Kier molecular flexibility index (Phi) is 4.97. The van der Waals surface area contributed by atoms with Gasteiger partial charge >= 0.3 is 11.7 Å². The highest BCUT2D eigenvalue weighted by atomic mass is 32.1. The second-order valence-corrected chi connectivity index (χ2v) is 5.88. The van der Waals surface area contributed by atoms with E-state index in [1.54, 1.807) is 7.05 Å². The number of urea groups is 1. The molecule has 0 saturated carbocycles. The average molecular weight is 320 g/mol. The van der Waals surface area contributed by atoms with Crippen molar-refractivity contribution in [3.63, 3.8) is 0 Å². The van der Waals surface area contributed by atoms with E-state index in [4.69, 9.17) is 0 Å². The standard InChI is InChI=1S/C15H20N4O2S/c1-5-10-8-7-9-11(6-2)12(10)19-14(17-13(20)16-3)22-18(4)15(19)21/h7-9H,5-6H2,1-4H3,(H,16,20)/b17-14-. The number of hydrogen-bond donors (Lipinski definition) is 1. The molecule has 2 aromatic rings. The van der Waals surface area contributed by atoms with Crippen LogP contribution in [0.1, 0.15) is 25.0 Å². The lowest BCUT2D eigenvalue weighted by molar-refractivity contribution is 0.250. The molecular formula is C15H20N4O2S. The van der Waals surface area contributed by atoms with E-state index in [0.29, 0.717) is 4.80 Å². The van der Waals surface area contributed by atoms with Gasteiger partial charge in [0.15, 0.2) is 0 Å². The molecule has 6 nitrogen and oxygen atoms in total. The topological polar surface area (TPSA) is 68.4 Å². The van der Waals surface area contributed by atoms with Crippen molar-refractivity contribution in [2.75, 3.05) is 7.05 Å². The van der Waals surface area contributed by atoms with Gasteiger partial charge < -0.3 is 5.32 Å². The van der Waals surface area contributed by atoms with Crippen molar-refractivity contribution in [1.82, 2.24) is 13.8 Å². The van der Waals surface area contributed by atoms with Crippen LogP contribution in [-0.2, 0) is 19.9 Å².